The number of ketones is 1. The second kappa shape index (κ2) is 5.19. The average molecular weight is 273 g/mol. The van der Waals surface area contributed by atoms with E-state index in [1.807, 2.05) is 24.3 Å². The van der Waals surface area contributed by atoms with E-state index < -0.39 is 0 Å². The molecule has 1 aromatic carbocycles. The fraction of sp³-hybridized carbons (Fsp3) is 0.438. The lowest BCUT2D eigenvalue weighted by Gasteiger charge is -2.41. The van der Waals surface area contributed by atoms with Crippen molar-refractivity contribution >= 4 is 11.9 Å². The summed E-state index contributed by atoms with van der Waals surface area (Å²) in [5.41, 5.74) is 1.71. The molecule has 3 heterocycles. The molecule has 4 heteroatoms. The molecule has 106 valence electrons. The van der Waals surface area contributed by atoms with Crippen molar-refractivity contribution in [2.24, 2.45) is 5.92 Å². The highest BCUT2D eigenvalue weighted by molar-refractivity contribution is 6.02. The van der Waals surface area contributed by atoms with Crippen molar-refractivity contribution in [3.05, 3.63) is 29.5 Å². The zero-order chi connectivity index (χ0) is 14.1. The van der Waals surface area contributed by atoms with Crippen LogP contribution in [-0.4, -0.2) is 38.0 Å². The predicted octanol–water partition coefficient (Wildman–Crippen LogP) is 2.34. The highest BCUT2D eigenvalue weighted by Crippen LogP contribution is 2.34. The summed E-state index contributed by atoms with van der Waals surface area (Å²) < 4.78 is 10.6. The van der Waals surface area contributed by atoms with E-state index in [1.165, 1.54) is 0 Å². The summed E-state index contributed by atoms with van der Waals surface area (Å²) in [7, 11) is 3.27. The molecule has 20 heavy (non-hydrogen) atoms. The molecule has 3 fully saturated rings. The van der Waals surface area contributed by atoms with Gasteiger partial charge in [-0.1, -0.05) is 0 Å². The number of hydrogen-bond acceptors (Lipinski definition) is 4. The fourth-order valence-corrected chi connectivity index (χ4v) is 3.01. The van der Waals surface area contributed by atoms with E-state index >= 15 is 0 Å². The lowest BCUT2D eigenvalue weighted by atomic mass is 9.84. The maximum absolute atomic E-state index is 12.4. The minimum Gasteiger partial charge on any atom is -0.497 e. The molecule has 4 nitrogen and oxygen atoms in total. The van der Waals surface area contributed by atoms with Gasteiger partial charge in [-0.15, -0.1) is 0 Å². The largest absolute Gasteiger partial charge is 0.497 e. The van der Waals surface area contributed by atoms with Crippen LogP contribution in [0, 0.1) is 5.92 Å². The fourth-order valence-electron chi connectivity index (χ4n) is 3.01. The van der Waals surface area contributed by atoms with E-state index in [2.05, 4.69) is 4.90 Å². The lowest BCUT2D eigenvalue weighted by molar-refractivity contribution is -0.125. The molecule has 1 aromatic rings. The molecule has 0 amide bonds. The zero-order valence-electron chi connectivity index (χ0n) is 11.9. The summed E-state index contributed by atoms with van der Waals surface area (Å²) in [5.74, 6) is 2.00. The van der Waals surface area contributed by atoms with Crippen molar-refractivity contribution in [2.75, 3.05) is 27.3 Å². The smallest absolute Gasteiger partial charge is 0.182 e. The Bertz CT molecular complexity index is 557. The van der Waals surface area contributed by atoms with Crippen LogP contribution < -0.4 is 9.47 Å². The van der Waals surface area contributed by atoms with Gasteiger partial charge in [0.25, 0.3) is 0 Å². The van der Waals surface area contributed by atoms with Gasteiger partial charge in [-0.3, -0.25) is 4.79 Å². The first kappa shape index (κ1) is 13.0. The maximum atomic E-state index is 12.4. The molecule has 0 atom stereocenters. The lowest BCUT2D eigenvalue weighted by Crippen LogP contribution is -2.45. The van der Waals surface area contributed by atoms with E-state index in [9.17, 15) is 4.79 Å². The number of ether oxygens (including phenoxy) is 2. The molecular formula is C16H19NO3. The average Bonchev–Trinajstić information content (AvgIpc) is 2.51. The zero-order valence-corrected chi connectivity index (χ0v) is 11.9. The minimum absolute atomic E-state index is 0.211. The molecule has 0 N–H and O–H groups in total. The summed E-state index contributed by atoms with van der Waals surface area (Å²) in [6.07, 6.45) is 3.92. The van der Waals surface area contributed by atoms with Gasteiger partial charge in [0, 0.05) is 24.6 Å². The molecule has 0 aromatic heterocycles. The number of methoxy groups -OCH3 is 2. The molecule has 0 spiro atoms. The number of hydrogen-bond donors (Lipinski definition) is 0. The second-order valence-corrected chi connectivity index (χ2v) is 5.26. The third-order valence-corrected chi connectivity index (χ3v) is 4.19. The first-order valence-electron chi connectivity index (χ1n) is 6.96. The number of carbonyl (C=O) groups is 1. The Morgan fingerprint density at radius 3 is 2.55 bits per heavy atom. The van der Waals surface area contributed by atoms with Crippen molar-refractivity contribution < 1.29 is 14.3 Å². The number of Topliss-reactive ketones (excluding diaryl/α,β-unsaturated/α-hetero) is 1. The number of benzene rings is 1. The van der Waals surface area contributed by atoms with E-state index in [4.69, 9.17) is 9.47 Å². The Morgan fingerprint density at radius 1 is 1.20 bits per heavy atom. The van der Waals surface area contributed by atoms with Crippen LogP contribution in [0.5, 0.6) is 11.5 Å². The Labute approximate surface area is 119 Å². The van der Waals surface area contributed by atoms with Gasteiger partial charge in [0.15, 0.2) is 5.78 Å². The minimum atomic E-state index is 0.211. The van der Waals surface area contributed by atoms with Crippen molar-refractivity contribution in [2.45, 2.75) is 12.8 Å². The number of rotatable bonds is 3. The SMILES string of the molecule is COc1ccc(OC)c(/C=C2\C(=O)C3CCN2CC3)c1. The monoisotopic (exact) mass is 273 g/mol. The molecule has 4 rings (SSSR count). The Hall–Kier alpha value is -1.97. The van der Waals surface area contributed by atoms with Crippen LogP contribution >= 0.6 is 0 Å². The van der Waals surface area contributed by atoms with Crippen LogP contribution in [0.4, 0.5) is 0 Å². The first-order chi connectivity index (χ1) is 9.72. The van der Waals surface area contributed by atoms with Crippen LogP contribution in [0.3, 0.4) is 0 Å². The van der Waals surface area contributed by atoms with Gasteiger partial charge in [0.05, 0.1) is 19.9 Å². The van der Waals surface area contributed by atoms with Crippen molar-refractivity contribution in [1.29, 1.82) is 0 Å². The molecular weight excluding hydrogens is 254 g/mol. The molecule has 0 aliphatic carbocycles. The molecule has 0 saturated carbocycles. The Morgan fingerprint density at radius 2 is 1.95 bits per heavy atom. The standard InChI is InChI=1S/C16H19NO3/c1-19-13-3-4-15(20-2)12(9-13)10-14-16(18)11-5-7-17(14)8-6-11/h3-4,9-11H,5-8H2,1-2H3/b14-10+. The number of fused-ring (bicyclic) bond motifs is 3. The van der Waals surface area contributed by atoms with E-state index in [1.54, 1.807) is 14.2 Å². The molecule has 2 bridgehead atoms. The van der Waals surface area contributed by atoms with Crippen molar-refractivity contribution in [1.82, 2.24) is 4.90 Å². The normalized spacial score (nSPS) is 20.6. The maximum Gasteiger partial charge on any atom is 0.182 e. The van der Waals surface area contributed by atoms with E-state index in [0.717, 1.165) is 48.7 Å². The van der Waals surface area contributed by atoms with Gasteiger partial charge in [0.1, 0.15) is 11.5 Å². The van der Waals surface area contributed by atoms with E-state index in [0.29, 0.717) is 0 Å². The highest BCUT2D eigenvalue weighted by atomic mass is 16.5. The molecule has 3 aliphatic heterocycles. The van der Waals surface area contributed by atoms with Gasteiger partial charge in [-0.05, 0) is 37.1 Å². The summed E-state index contributed by atoms with van der Waals surface area (Å²) in [6.45, 7) is 1.96. The van der Waals surface area contributed by atoms with Gasteiger partial charge < -0.3 is 14.4 Å². The van der Waals surface area contributed by atoms with Gasteiger partial charge in [-0.2, -0.15) is 0 Å². The third kappa shape index (κ3) is 2.15. The number of allylic oxidation sites excluding steroid dienone is 1. The predicted molar refractivity (Wildman–Crippen MR) is 76.8 cm³/mol. The van der Waals surface area contributed by atoms with Gasteiger partial charge >= 0.3 is 0 Å². The molecule has 0 radical (unpaired) electrons. The highest BCUT2D eigenvalue weighted by Gasteiger charge is 2.36. The van der Waals surface area contributed by atoms with E-state index in [-0.39, 0.29) is 11.7 Å². The van der Waals surface area contributed by atoms with Crippen LogP contribution in [0.2, 0.25) is 0 Å². The Kier molecular flexibility index (Phi) is 3.38. The topological polar surface area (TPSA) is 38.8 Å². The van der Waals surface area contributed by atoms with Crippen LogP contribution in [0.1, 0.15) is 18.4 Å². The van der Waals surface area contributed by atoms with Gasteiger partial charge in [-0.25, -0.2) is 0 Å². The number of nitrogens with zero attached hydrogens (tertiary/aromatic N) is 1. The summed E-state index contributed by atoms with van der Waals surface area (Å²) >= 11 is 0. The summed E-state index contributed by atoms with van der Waals surface area (Å²) in [6, 6.07) is 5.63. The number of carbonyl (C=O) groups excluding carboxylic acids is 1. The van der Waals surface area contributed by atoms with Crippen molar-refractivity contribution in [3.63, 3.8) is 0 Å². The van der Waals surface area contributed by atoms with Crippen LogP contribution in [-0.2, 0) is 4.79 Å². The summed E-state index contributed by atoms with van der Waals surface area (Å²) in [4.78, 5) is 14.5. The third-order valence-electron chi connectivity index (χ3n) is 4.19. The first-order valence-corrected chi connectivity index (χ1v) is 6.96. The Balaban J connectivity index is 2.00. The summed E-state index contributed by atoms with van der Waals surface area (Å²) in [5, 5.41) is 0. The number of piperidine rings is 3. The van der Waals surface area contributed by atoms with Crippen molar-refractivity contribution in [3.8, 4) is 11.5 Å². The molecule has 3 saturated heterocycles. The molecule has 0 unspecified atom stereocenters. The van der Waals surface area contributed by atoms with Crippen LogP contribution in [0.15, 0.2) is 23.9 Å². The molecule has 3 aliphatic rings. The second-order valence-electron chi connectivity index (χ2n) is 5.26. The van der Waals surface area contributed by atoms with Crippen LogP contribution in [0.25, 0.3) is 6.08 Å². The quantitative estimate of drug-likeness (QED) is 0.792. The van der Waals surface area contributed by atoms with Gasteiger partial charge in [0.2, 0.25) is 0 Å².